The molecular weight excluding hydrogens is 326 g/mol. The number of carbonyl (C=O) groups is 1. The number of ether oxygens (including phenoxy) is 1. The molecule has 0 aromatic heterocycles. The van der Waals surface area contributed by atoms with Crippen molar-refractivity contribution >= 4 is 5.97 Å². The summed E-state index contributed by atoms with van der Waals surface area (Å²) in [6.45, 7) is 3.53. The molecule has 4 heteroatoms. The van der Waals surface area contributed by atoms with Gasteiger partial charge in [-0.1, -0.05) is 49.6 Å². The van der Waals surface area contributed by atoms with Crippen molar-refractivity contribution in [3.05, 3.63) is 35.9 Å². The van der Waals surface area contributed by atoms with Crippen molar-refractivity contribution in [3.63, 3.8) is 0 Å². The maximum atomic E-state index is 13.0. The van der Waals surface area contributed by atoms with E-state index in [9.17, 15) is 9.90 Å². The molecule has 0 radical (unpaired) electrons. The van der Waals surface area contributed by atoms with Gasteiger partial charge in [0.15, 0.2) is 5.60 Å². The molecule has 4 nitrogen and oxygen atoms in total. The van der Waals surface area contributed by atoms with Gasteiger partial charge in [-0.25, -0.2) is 4.79 Å². The fraction of sp³-hybridized carbons (Fsp3) is 0.682. The Morgan fingerprint density at radius 1 is 1.08 bits per heavy atom. The number of hydrogen-bond donors (Lipinski definition) is 1. The molecule has 1 N–H and O–H groups in total. The second-order valence-corrected chi connectivity index (χ2v) is 8.45. The summed E-state index contributed by atoms with van der Waals surface area (Å²) in [4.78, 5) is 13.0. The van der Waals surface area contributed by atoms with Gasteiger partial charge < -0.3 is 14.3 Å². The minimum Gasteiger partial charge on any atom is -0.457 e. The molecule has 1 aliphatic heterocycles. The standard InChI is InChI=1S/C22H34NO3/c1-23(15-9-4-10-16-23)17-18-26-21(24)22(25,19-11-5-2-6-12-19)20-13-7-3-8-14-20/h2,5-6,11-12,20,25H,3-4,7-10,13-18H2,1H3/q+1/t22-/m0/s1. The SMILES string of the molecule is C[N+]1(CCOC(=O)[C@](O)(c2ccccc2)C2CCCCC2)CCCCC1. The number of quaternary nitrogens is 1. The first-order valence-electron chi connectivity index (χ1n) is 10.3. The molecule has 2 fully saturated rings. The predicted molar refractivity (Wildman–Crippen MR) is 103 cm³/mol. The van der Waals surface area contributed by atoms with Gasteiger partial charge in [0.05, 0.1) is 20.1 Å². The highest BCUT2D eigenvalue weighted by Gasteiger charge is 2.47. The van der Waals surface area contributed by atoms with Crippen LogP contribution in [0.4, 0.5) is 0 Å². The highest BCUT2D eigenvalue weighted by atomic mass is 16.5. The molecule has 0 amide bonds. The third-order valence-electron chi connectivity index (χ3n) is 6.48. The number of hydrogen-bond acceptors (Lipinski definition) is 3. The second-order valence-electron chi connectivity index (χ2n) is 8.45. The largest absolute Gasteiger partial charge is 0.457 e. The van der Waals surface area contributed by atoms with Gasteiger partial charge in [0, 0.05) is 5.92 Å². The highest BCUT2D eigenvalue weighted by Crippen LogP contribution is 2.40. The van der Waals surface area contributed by atoms with Crippen molar-refractivity contribution in [2.75, 3.05) is 33.3 Å². The van der Waals surface area contributed by atoms with Crippen molar-refractivity contribution in [2.24, 2.45) is 5.92 Å². The van der Waals surface area contributed by atoms with Crippen molar-refractivity contribution in [1.82, 2.24) is 0 Å². The third-order valence-corrected chi connectivity index (χ3v) is 6.48. The molecule has 1 aromatic carbocycles. The molecule has 0 spiro atoms. The minimum absolute atomic E-state index is 0.0501. The van der Waals surface area contributed by atoms with Crippen LogP contribution in [-0.2, 0) is 15.1 Å². The van der Waals surface area contributed by atoms with E-state index < -0.39 is 11.6 Å². The topological polar surface area (TPSA) is 46.5 Å². The first-order chi connectivity index (χ1) is 12.5. The number of likely N-dealkylation sites (N-methyl/N-ethyl adjacent to an activating group) is 1. The number of carbonyl (C=O) groups excluding carboxylic acids is 1. The summed E-state index contributed by atoms with van der Waals surface area (Å²) >= 11 is 0. The van der Waals surface area contributed by atoms with Gasteiger partial charge in [0.2, 0.25) is 0 Å². The van der Waals surface area contributed by atoms with E-state index in [4.69, 9.17) is 4.74 Å². The van der Waals surface area contributed by atoms with Crippen molar-refractivity contribution in [2.45, 2.75) is 57.0 Å². The molecule has 1 aromatic rings. The summed E-state index contributed by atoms with van der Waals surface area (Å²) < 4.78 is 6.65. The Kier molecular flexibility index (Phi) is 6.36. The van der Waals surface area contributed by atoms with Crippen LogP contribution >= 0.6 is 0 Å². The Balaban J connectivity index is 1.68. The van der Waals surface area contributed by atoms with E-state index in [1.54, 1.807) is 0 Å². The lowest BCUT2D eigenvalue weighted by molar-refractivity contribution is -0.914. The van der Waals surface area contributed by atoms with Crippen LogP contribution < -0.4 is 0 Å². The van der Waals surface area contributed by atoms with Gasteiger partial charge in [0.1, 0.15) is 13.2 Å². The summed E-state index contributed by atoms with van der Waals surface area (Å²) in [5.41, 5.74) is -0.836. The van der Waals surface area contributed by atoms with E-state index in [2.05, 4.69) is 7.05 Å². The zero-order chi connectivity index (χ0) is 18.5. The zero-order valence-corrected chi connectivity index (χ0v) is 16.2. The van der Waals surface area contributed by atoms with Gasteiger partial charge in [0.25, 0.3) is 0 Å². The van der Waals surface area contributed by atoms with Crippen LogP contribution in [0.1, 0.15) is 56.9 Å². The van der Waals surface area contributed by atoms with Gasteiger partial charge in [-0.15, -0.1) is 0 Å². The predicted octanol–water partition coefficient (Wildman–Crippen LogP) is 3.63. The molecule has 1 saturated carbocycles. The van der Waals surface area contributed by atoms with Crippen molar-refractivity contribution in [1.29, 1.82) is 0 Å². The van der Waals surface area contributed by atoms with Crippen LogP contribution in [0.2, 0.25) is 0 Å². The summed E-state index contributed by atoms with van der Waals surface area (Å²) in [5, 5.41) is 11.5. The molecule has 1 heterocycles. The molecular formula is C22H34NO3+. The van der Waals surface area contributed by atoms with Crippen molar-refractivity contribution < 1.29 is 19.1 Å². The average molecular weight is 361 g/mol. The van der Waals surface area contributed by atoms with E-state index >= 15 is 0 Å². The van der Waals surface area contributed by atoms with E-state index in [0.29, 0.717) is 12.2 Å². The molecule has 1 aliphatic carbocycles. The third kappa shape index (κ3) is 4.29. The average Bonchev–Trinajstić information content (AvgIpc) is 2.69. The summed E-state index contributed by atoms with van der Waals surface area (Å²) in [5.74, 6) is -0.509. The van der Waals surface area contributed by atoms with Crippen LogP contribution in [0.5, 0.6) is 0 Å². The molecule has 1 saturated heterocycles. The van der Waals surface area contributed by atoms with E-state index in [-0.39, 0.29) is 5.92 Å². The summed E-state index contributed by atoms with van der Waals surface area (Å²) in [6.07, 6.45) is 8.91. The Hall–Kier alpha value is -1.39. The van der Waals surface area contributed by atoms with Gasteiger partial charge in [-0.3, -0.25) is 0 Å². The lowest BCUT2D eigenvalue weighted by atomic mass is 9.73. The lowest BCUT2D eigenvalue weighted by Gasteiger charge is -2.39. The normalized spacial score (nSPS) is 23.2. The fourth-order valence-electron chi connectivity index (χ4n) is 4.70. The number of rotatable bonds is 6. The lowest BCUT2D eigenvalue weighted by Crippen LogP contribution is -2.51. The molecule has 2 aliphatic rings. The Bertz CT molecular complexity index is 576. The number of aliphatic hydroxyl groups is 1. The maximum absolute atomic E-state index is 13.0. The summed E-state index contributed by atoms with van der Waals surface area (Å²) in [7, 11) is 2.25. The van der Waals surface area contributed by atoms with Crippen LogP contribution in [-0.4, -0.2) is 48.8 Å². The van der Waals surface area contributed by atoms with Gasteiger partial charge in [-0.2, -0.15) is 0 Å². The Morgan fingerprint density at radius 2 is 1.69 bits per heavy atom. The van der Waals surface area contributed by atoms with E-state index in [1.807, 2.05) is 30.3 Å². The quantitative estimate of drug-likeness (QED) is 0.622. The number of nitrogens with zero attached hydrogens (tertiary/aromatic N) is 1. The first-order valence-corrected chi connectivity index (χ1v) is 10.3. The summed E-state index contributed by atoms with van der Waals surface area (Å²) in [6, 6.07) is 9.40. The Labute approximate surface area is 157 Å². The maximum Gasteiger partial charge on any atom is 0.343 e. The molecule has 0 bridgehead atoms. The molecule has 1 atom stereocenters. The first kappa shape index (κ1) is 19.4. The van der Waals surface area contributed by atoms with Gasteiger partial charge in [-0.05, 0) is 37.7 Å². The fourth-order valence-corrected chi connectivity index (χ4v) is 4.70. The van der Waals surface area contributed by atoms with Gasteiger partial charge >= 0.3 is 5.97 Å². The number of benzene rings is 1. The second kappa shape index (κ2) is 8.53. The van der Waals surface area contributed by atoms with E-state index in [0.717, 1.165) is 49.8 Å². The van der Waals surface area contributed by atoms with Crippen LogP contribution in [0, 0.1) is 5.92 Å². The minimum atomic E-state index is -1.51. The molecule has 0 unspecified atom stereocenters. The zero-order valence-electron chi connectivity index (χ0n) is 16.2. The molecule has 144 valence electrons. The number of likely N-dealkylation sites (tertiary alicyclic amines) is 1. The smallest absolute Gasteiger partial charge is 0.343 e. The molecule has 26 heavy (non-hydrogen) atoms. The van der Waals surface area contributed by atoms with Crippen LogP contribution in [0.25, 0.3) is 0 Å². The Morgan fingerprint density at radius 3 is 2.35 bits per heavy atom. The number of piperidine rings is 1. The number of esters is 1. The highest BCUT2D eigenvalue weighted by molar-refractivity contribution is 5.81. The van der Waals surface area contributed by atoms with E-state index in [1.165, 1.54) is 25.7 Å². The van der Waals surface area contributed by atoms with Crippen LogP contribution in [0.3, 0.4) is 0 Å². The monoisotopic (exact) mass is 360 g/mol. The molecule has 3 rings (SSSR count). The van der Waals surface area contributed by atoms with Crippen molar-refractivity contribution in [3.8, 4) is 0 Å². The van der Waals surface area contributed by atoms with Crippen LogP contribution in [0.15, 0.2) is 30.3 Å².